The summed E-state index contributed by atoms with van der Waals surface area (Å²) in [4.78, 5) is 16.4. The quantitative estimate of drug-likeness (QED) is 0.889. The molecule has 25 heavy (non-hydrogen) atoms. The minimum Gasteiger partial charge on any atom is -0.338 e. The maximum Gasteiger partial charge on any atom is 0.317 e. The molecule has 2 atom stereocenters. The van der Waals surface area contributed by atoms with Crippen molar-refractivity contribution in [1.82, 2.24) is 29.9 Å². The Hall–Kier alpha value is -2.41. The Morgan fingerprint density at radius 2 is 2.04 bits per heavy atom. The number of likely N-dealkylation sites (N-methyl/N-ethyl adjacent to an activating group) is 1. The van der Waals surface area contributed by atoms with Crippen molar-refractivity contribution in [3.8, 4) is 0 Å². The number of likely N-dealkylation sites (tertiary alicyclic amines) is 1. The van der Waals surface area contributed by atoms with Crippen molar-refractivity contribution in [2.24, 2.45) is 13.0 Å². The number of nitrogens with zero attached hydrogens (tertiary/aromatic N) is 5. The van der Waals surface area contributed by atoms with Crippen LogP contribution in [0.4, 0.5) is 4.79 Å². The molecule has 134 valence electrons. The minimum atomic E-state index is -0.0793. The zero-order valence-corrected chi connectivity index (χ0v) is 15.1. The molecule has 0 aliphatic carbocycles. The predicted octanol–water partition coefficient (Wildman–Crippen LogP) is 1.30. The van der Waals surface area contributed by atoms with E-state index in [1.165, 1.54) is 5.56 Å². The first-order valence-electron chi connectivity index (χ1n) is 8.60. The molecule has 0 bridgehead atoms. The maximum absolute atomic E-state index is 12.4. The Balaban J connectivity index is 1.56. The van der Waals surface area contributed by atoms with E-state index in [2.05, 4.69) is 51.7 Å². The van der Waals surface area contributed by atoms with Crippen molar-refractivity contribution in [1.29, 1.82) is 0 Å². The topological polar surface area (TPSA) is 66.3 Å². The van der Waals surface area contributed by atoms with Crippen LogP contribution in [0.15, 0.2) is 36.7 Å². The molecular weight excluding hydrogens is 316 g/mol. The average Bonchev–Trinajstić information content (AvgIpc) is 3.19. The molecule has 7 heteroatoms. The van der Waals surface area contributed by atoms with Crippen molar-refractivity contribution >= 4 is 6.03 Å². The molecule has 1 aliphatic rings. The number of amides is 2. The average molecular weight is 342 g/mol. The van der Waals surface area contributed by atoms with Gasteiger partial charge in [0.05, 0.1) is 6.54 Å². The predicted molar refractivity (Wildman–Crippen MR) is 96.0 cm³/mol. The number of aryl methyl sites for hydroxylation is 1. The van der Waals surface area contributed by atoms with E-state index in [-0.39, 0.29) is 6.03 Å². The van der Waals surface area contributed by atoms with Gasteiger partial charge < -0.3 is 19.7 Å². The molecule has 0 radical (unpaired) electrons. The van der Waals surface area contributed by atoms with E-state index in [4.69, 9.17) is 0 Å². The molecule has 2 heterocycles. The molecule has 0 unspecified atom stereocenters. The molecule has 1 aliphatic heterocycles. The van der Waals surface area contributed by atoms with Crippen molar-refractivity contribution in [2.75, 3.05) is 33.7 Å². The number of nitrogens with one attached hydrogen (secondary N) is 1. The van der Waals surface area contributed by atoms with Gasteiger partial charge in [-0.05, 0) is 18.5 Å². The van der Waals surface area contributed by atoms with Crippen LogP contribution in [0.5, 0.6) is 0 Å². The van der Waals surface area contributed by atoms with Crippen molar-refractivity contribution in [3.63, 3.8) is 0 Å². The fourth-order valence-electron chi connectivity index (χ4n) is 3.46. The lowest BCUT2D eigenvalue weighted by atomic mass is 9.89. The number of urea groups is 1. The highest BCUT2D eigenvalue weighted by atomic mass is 16.2. The van der Waals surface area contributed by atoms with E-state index >= 15 is 0 Å². The third kappa shape index (κ3) is 4.17. The number of rotatable bonds is 5. The van der Waals surface area contributed by atoms with Gasteiger partial charge in [0, 0.05) is 39.6 Å². The summed E-state index contributed by atoms with van der Waals surface area (Å²) in [6, 6.07) is 10.5. The molecule has 0 saturated carbocycles. The molecule has 1 N–H and O–H groups in total. The van der Waals surface area contributed by atoms with Gasteiger partial charge in [0.15, 0.2) is 5.82 Å². The van der Waals surface area contributed by atoms with Crippen molar-refractivity contribution in [3.05, 3.63) is 48.0 Å². The molecular formula is C18H26N6O. The lowest BCUT2D eigenvalue weighted by molar-refractivity contribution is 0.203. The van der Waals surface area contributed by atoms with Crippen LogP contribution < -0.4 is 5.32 Å². The summed E-state index contributed by atoms with van der Waals surface area (Å²) in [6.07, 6.45) is 1.64. The minimum absolute atomic E-state index is 0.0793. The Morgan fingerprint density at radius 1 is 1.28 bits per heavy atom. The molecule has 7 nitrogen and oxygen atoms in total. The Morgan fingerprint density at radius 3 is 2.72 bits per heavy atom. The largest absolute Gasteiger partial charge is 0.338 e. The van der Waals surface area contributed by atoms with Crippen molar-refractivity contribution in [2.45, 2.75) is 12.5 Å². The van der Waals surface area contributed by atoms with Crippen LogP contribution in [0.2, 0.25) is 0 Å². The number of hydrogen-bond donors (Lipinski definition) is 1. The number of aromatic nitrogens is 3. The third-order valence-corrected chi connectivity index (χ3v) is 4.90. The molecule has 0 spiro atoms. The summed E-state index contributed by atoms with van der Waals surface area (Å²) >= 11 is 0. The smallest absolute Gasteiger partial charge is 0.317 e. The lowest BCUT2D eigenvalue weighted by Crippen LogP contribution is -2.40. The molecule has 3 rings (SSSR count). The zero-order chi connectivity index (χ0) is 17.8. The third-order valence-electron chi connectivity index (χ3n) is 4.90. The first-order valence-corrected chi connectivity index (χ1v) is 8.60. The zero-order valence-electron chi connectivity index (χ0n) is 15.1. The standard InChI is InChI=1S/C18H26N6O/c1-22-10-15(16(11-22)14-7-5-4-6-8-14)9-19-18(25)23(2)12-17-21-20-13-24(17)3/h4-8,13,15-16H,9-12H2,1-3H3,(H,19,25)/t15-,16+/m1/s1. The number of carbonyl (C=O) groups excluding carboxylic acids is 1. The second kappa shape index (κ2) is 7.65. The lowest BCUT2D eigenvalue weighted by Gasteiger charge is -2.22. The van der Waals surface area contributed by atoms with Crippen LogP contribution in [0.25, 0.3) is 0 Å². The van der Waals surface area contributed by atoms with E-state index in [0.29, 0.717) is 24.9 Å². The monoisotopic (exact) mass is 342 g/mol. The van der Waals surface area contributed by atoms with Gasteiger partial charge in [-0.2, -0.15) is 0 Å². The van der Waals surface area contributed by atoms with Gasteiger partial charge in [-0.25, -0.2) is 4.79 Å². The Labute approximate surface area is 148 Å². The maximum atomic E-state index is 12.4. The van der Waals surface area contributed by atoms with Gasteiger partial charge in [0.2, 0.25) is 0 Å². The summed E-state index contributed by atoms with van der Waals surface area (Å²) in [5, 5.41) is 10.9. The molecule has 2 aromatic rings. The van der Waals surface area contributed by atoms with E-state index < -0.39 is 0 Å². The second-order valence-electron chi connectivity index (χ2n) is 6.90. The van der Waals surface area contributed by atoms with Gasteiger partial charge in [-0.1, -0.05) is 30.3 Å². The van der Waals surface area contributed by atoms with Crippen LogP contribution in [-0.2, 0) is 13.6 Å². The molecule has 1 aromatic heterocycles. The molecule has 1 saturated heterocycles. The van der Waals surface area contributed by atoms with Crippen LogP contribution in [-0.4, -0.2) is 64.3 Å². The highest BCUT2D eigenvalue weighted by Gasteiger charge is 2.32. The highest BCUT2D eigenvalue weighted by molar-refractivity contribution is 5.73. The van der Waals surface area contributed by atoms with E-state index in [0.717, 1.165) is 18.9 Å². The number of carbonyl (C=O) groups is 1. The highest BCUT2D eigenvalue weighted by Crippen LogP contribution is 2.31. The van der Waals surface area contributed by atoms with Crippen LogP contribution in [0.1, 0.15) is 17.3 Å². The van der Waals surface area contributed by atoms with Crippen LogP contribution in [0, 0.1) is 5.92 Å². The van der Waals surface area contributed by atoms with Gasteiger partial charge in [-0.3, -0.25) is 0 Å². The SMILES string of the molecule is CN1C[C@@H](CNC(=O)N(C)Cc2nncn2C)[C@H](c2ccccc2)C1. The Kier molecular flexibility index (Phi) is 5.33. The van der Waals surface area contributed by atoms with Gasteiger partial charge in [0.25, 0.3) is 0 Å². The molecule has 2 amide bonds. The Bertz CT molecular complexity index is 701. The van der Waals surface area contributed by atoms with Gasteiger partial charge in [0.1, 0.15) is 6.33 Å². The van der Waals surface area contributed by atoms with E-state index in [1.54, 1.807) is 18.3 Å². The summed E-state index contributed by atoms with van der Waals surface area (Å²) in [6.45, 7) is 3.13. The van der Waals surface area contributed by atoms with Crippen molar-refractivity contribution < 1.29 is 4.79 Å². The molecule has 1 fully saturated rings. The van der Waals surface area contributed by atoms with Crippen LogP contribution in [0.3, 0.4) is 0 Å². The number of benzene rings is 1. The van der Waals surface area contributed by atoms with Gasteiger partial charge in [-0.15, -0.1) is 10.2 Å². The number of hydrogen-bond acceptors (Lipinski definition) is 4. The van der Waals surface area contributed by atoms with Gasteiger partial charge >= 0.3 is 6.03 Å². The summed E-state index contributed by atoms with van der Waals surface area (Å²) in [7, 11) is 5.79. The summed E-state index contributed by atoms with van der Waals surface area (Å²) in [5.41, 5.74) is 1.35. The van der Waals surface area contributed by atoms with Crippen LogP contribution >= 0.6 is 0 Å². The fourth-order valence-corrected chi connectivity index (χ4v) is 3.46. The summed E-state index contributed by atoms with van der Waals surface area (Å²) in [5.74, 6) is 1.63. The first kappa shape index (κ1) is 17.4. The second-order valence-corrected chi connectivity index (χ2v) is 6.90. The van der Waals surface area contributed by atoms with E-state index in [9.17, 15) is 4.79 Å². The normalized spacial score (nSPS) is 20.6. The van der Waals surface area contributed by atoms with E-state index in [1.807, 2.05) is 17.7 Å². The fraction of sp³-hybridized carbons (Fsp3) is 0.500. The summed E-state index contributed by atoms with van der Waals surface area (Å²) < 4.78 is 1.82. The first-order chi connectivity index (χ1) is 12.0. The molecule has 1 aromatic carbocycles.